The first-order chi connectivity index (χ1) is 26.4. The zero-order chi connectivity index (χ0) is 39.0. The van der Waals surface area contributed by atoms with E-state index < -0.39 is 37.7 Å². The van der Waals surface area contributed by atoms with Crippen LogP contribution in [0.2, 0.25) is 0 Å². The summed E-state index contributed by atoms with van der Waals surface area (Å²) in [5.74, 6) is -0.568. The van der Waals surface area contributed by atoms with Gasteiger partial charge in [0.2, 0.25) is 0 Å². The first kappa shape index (κ1) is 36.6. The van der Waals surface area contributed by atoms with Crippen LogP contribution in [0.4, 0.5) is 26.3 Å². The number of hydrogen-bond donors (Lipinski definition) is 2. The number of halogens is 6. The number of hydrogen-bond acceptors (Lipinski definition) is 5. The Morgan fingerprint density at radius 2 is 1.22 bits per heavy atom. The van der Waals surface area contributed by atoms with Crippen molar-refractivity contribution in [1.29, 1.82) is 0 Å². The summed E-state index contributed by atoms with van der Waals surface area (Å²) >= 11 is 0. The van der Waals surface area contributed by atoms with Crippen LogP contribution in [0.1, 0.15) is 22.1 Å². The van der Waals surface area contributed by atoms with Crippen molar-refractivity contribution >= 4 is 22.5 Å². The third-order valence-electron chi connectivity index (χ3n) is 8.94. The number of aryl methyl sites for hydroxylation is 2. The summed E-state index contributed by atoms with van der Waals surface area (Å²) in [5.41, 5.74) is 11.4. The van der Waals surface area contributed by atoms with E-state index in [4.69, 9.17) is 5.73 Å². The molecule has 0 aliphatic heterocycles. The van der Waals surface area contributed by atoms with Crippen LogP contribution in [0.5, 0.6) is 0 Å². The second-order valence-electron chi connectivity index (χ2n) is 12.6. The van der Waals surface area contributed by atoms with Gasteiger partial charge in [-0.05, 0) is 86.6 Å². The topological polar surface area (TPSA) is 125 Å². The lowest BCUT2D eigenvalue weighted by atomic mass is 10.0. The highest BCUT2D eigenvalue weighted by molar-refractivity contribution is 5.92. The Morgan fingerprint density at radius 1 is 0.709 bits per heavy atom. The zero-order valence-electron chi connectivity index (χ0n) is 29.2. The van der Waals surface area contributed by atoms with Gasteiger partial charge in [0, 0.05) is 33.8 Å². The molecule has 0 aliphatic carbocycles. The predicted octanol–water partition coefficient (Wildman–Crippen LogP) is 8.48. The van der Waals surface area contributed by atoms with E-state index in [0.29, 0.717) is 56.8 Å². The maximum absolute atomic E-state index is 13.4. The Hall–Kier alpha value is -6.71. The molecule has 3 aromatic carbocycles. The van der Waals surface area contributed by atoms with Crippen molar-refractivity contribution in [2.45, 2.75) is 39.8 Å². The number of pyridine rings is 1. The lowest BCUT2D eigenvalue weighted by Gasteiger charge is -2.12. The zero-order valence-corrected chi connectivity index (χ0v) is 29.2. The molecule has 10 nitrogen and oxygen atoms in total. The van der Waals surface area contributed by atoms with Gasteiger partial charge < -0.3 is 14.9 Å². The van der Waals surface area contributed by atoms with Crippen LogP contribution in [-0.2, 0) is 13.1 Å². The molecule has 0 fully saturated rings. The number of primary amides is 1. The molecule has 5 heterocycles. The van der Waals surface area contributed by atoms with E-state index in [1.807, 2.05) is 18.2 Å². The van der Waals surface area contributed by atoms with Crippen LogP contribution < -0.4 is 5.73 Å². The molecule has 16 heteroatoms. The fourth-order valence-corrected chi connectivity index (χ4v) is 6.45. The highest BCUT2D eigenvalue weighted by Gasteiger charge is 2.23. The fraction of sp³-hybridized carbons (Fsp3) is 0.154. The number of rotatable bonds is 9. The molecule has 0 saturated carbocycles. The van der Waals surface area contributed by atoms with Gasteiger partial charge in [-0.1, -0.05) is 6.07 Å². The van der Waals surface area contributed by atoms with Gasteiger partial charge in [-0.2, -0.15) is 5.10 Å². The van der Waals surface area contributed by atoms with Crippen LogP contribution in [0, 0.1) is 25.5 Å². The Balaban J connectivity index is 0.000000170. The number of aromatic nitrogens is 8. The largest absolute Gasteiger partial charge is 0.364 e. The number of nitrogens with one attached hydrogen (secondary N) is 1. The molecule has 55 heavy (non-hydrogen) atoms. The molecule has 0 aliphatic rings. The minimum absolute atomic E-state index is 0.168. The second-order valence-corrected chi connectivity index (χ2v) is 12.6. The number of nitrogens with two attached hydrogens (primary N) is 1. The van der Waals surface area contributed by atoms with Gasteiger partial charge in [0.05, 0.1) is 53.8 Å². The van der Waals surface area contributed by atoms with Gasteiger partial charge in [0.1, 0.15) is 34.6 Å². The van der Waals surface area contributed by atoms with Crippen LogP contribution in [0.3, 0.4) is 0 Å². The van der Waals surface area contributed by atoms with Crippen LogP contribution in [0.15, 0.2) is 97.5 Å². The monoisotopic (exact) mass is 755 g/mol. The lowest BCUT2D eigenvalue weighted by Crippen LogP contribution is -2.14. The normalized spacial score (nSPS) is 11.5. The van der Waals surface area contributed by atoms with Crippen molar-refractivity contribution in [3.8, 4) is 45.0 Å². The number of H-pyrrole nitrogens is 1. The Labute approximate surface area is 308 Å². The number of benzene rings is 3. The smallest absolute Gasteiger partial charge is 0.267 e. The van der Waals surface area contributed by atoms with E-state index in [0.717, 1.165) is 16.5 Å². The van der Waals surface area contributed by atoms with Gasteiger partial charge >= 0.3 is 0 Å². The van der Waals surface area contributed by atoms with Gasteiger partial charge in [-0.25, -0.2) is 41.3 Å². The summed E-state index contributed by atoms with van der Waals surface area (Å²) in [6, 6.07) is 20.4. The van der Waals surface area contributed by atoms with Gasteiger partial charge in [-0.15, -0.1) is 0 Å². The summed E-state index contributed by atoms with van der Waals surface area (Å²) in [7, 11) is 0. The van der Waals surface area contributed by atoms with Crippen LogP contribution >= 0.6 is 0 Å². The van der Waals surface area contributed by atoms with Crippen LogP contribution in [-0.4, -0.2) is 57.4 Å². The molecule has 280 valence electrons. The number of amides is 1. The predicted molar refractivity (Wildman–Crippen MR) is 195 cm³/mol. The first-order valence-corrected chi connectivity index (χ1v) is 16.8. The molecule has 1 amide bonds. The van der Waals surface area contributed by atoms with Crippen molar-refractivity contribution in [2.75, 3.05) is 0 Å². The number of fused-ring (bicyclic) bond motifs is 2. The quantitative estimate of drug-likeness (QED) is 0.143. The fourth-order valence-electron chi connectivity index (χ4n) is 6.45. The molecule has 8 rings (SSSR count). The number of alkyl halides is 4. The van der Waals surface area contributed by atoms with E-state index >= 15 is 0 Å². The summed E-state index contributed by atoms with van der Waals surface area (Å²) in [4.78, 5) is 24.7. The molecule has 0 unspecified atom stereocenters. The van der Waals surface area contributed by atoms with E-state index in [1.54, 1.807) is 50.5 Å². The first-order valence-electron chi connectivity index (χ1n) is 16.8. The maximum atomic E-state index is 13.4. The number of imidazole rings is 3. The molecular weight excluding hydrogens is 724 g/mol. The average Bonchev–Trinajstić information content (AvgIpc) is 3.93. The molecule has 0 atom stereocenters. The van der Waals surface area contributed by atoms with Crippen molar-refractivity contribution in [3.63, 3.8) is 0 Å². The van der Waals surface area contributed by atoms with Gasteiger partial charge in [0.15, 0.2) is 0 Å². The van der Waals surface area contributed by atoms with Crippen molar-refractivity contribution in [1.82, 2.24) is 38.7 Å². The second kappa shape index (κ2) is 15.0. The Kier molecular flexibility index (Phi) is 9.97. The average molecular weight is 756 g/mol. The van der Waals surface area contributed by atoms with Gasteiger partial charge in [0.25, 0.3) is 18.8 Å². The molecule has 0 radical (unpaired) electrons. The molecule has 8 aromatic rings. The van der Waals surface area contributed by atoms with Crippen molar-refractivity contribution < 1.29 is 31.1 Å². The maximum Gasteiger partial charge on any atom is 0.267 e. The Bertz CT molecular complexity index is 2640. The van der Waals surface area contributed by atoms with E-state index in [-0.39, 0.29) is 11.5 Å². The highest BCUT2D eigenvalue weighted by Crippen LogP contribution is 2.36. The third-order valence-corrected chi connectivity index (χ3v) is 8.94. The molecule has 5 aromatic heterocycles. The van der Waals surface area contributed by atoms with E-state index in [9.17, 15) is 31.1 Å². The summed E-state index contributed by atoms with van der Waals surface area (Å²) in [5, 5.41) is 7.73. The molecule has 3 N–H and O–H groups in total. The summed E-state index contributed by atoms with van der Waals surface area (Å²) in [6.45, 7) is 2.30. The number of aromatic amines is 1. The molecule has 0 bridgehead atoms. The summed E-state index contributed by atoms with van der Waals surface area (Å²) < 4.78 is 83.9. The summed E-state index contributed by atoms with van der Waals surface area (Å²) in [6.07, 6.45) is -0.476. The van der Waals surface area contributed by atoms with E-state index in [1.165, 1.54) is 56.1 Å². The molecule has 0 saturated heterocycles. The van der Waals surface area contributed by atoms with Gasteiger partial charge in [-0.3, -0.25) is 14.3 Å². The van der Waals surface area contributed by atoms with Crippen molar-refractivity contribution in [3.05, 3.63) is 126 Å². The SMILES string of the molecule is Cc1nc(-c2ccc(F)cc2)c(-c2ccc3[nH]ncc3c2)n1CC(F)F.Cc1nc(-c2ccc(F)cc2)c(-c2ccc3ncc(C(N)=O)n3c2)n1CC(F)F. The molecule has 0 spiro atoms. The number of carbonyl (C=O) groups is 1. The number of nitrogens with zero attached hydrogens (tertiary/aromatic N) is 7. The minimum Gasteiger partial charge on any atom is -0.364 e. The Morgan fingerprint density at radius 3 is 1.75 bits per heavy atom. The number of carbonyl (C=O) groups excluding carboxylic acids is 1. The van der Waals surface area contributed by atoms with Crippen LogP contribution in [0.25, 0.3) is 61.6 Å². The molecular formula is C39H31F6N9O. The minimum atomic E-state index is -2.60. The lowest BCUT2D eigenvalue weighted by molar-refractivity contribution is 0.0994. The van der Waals surface area contributed by atoms with E-state index in [2.05, 4.69) is 25.1 Å². The highest BCUT2D eigenvalue weighted by atomic mass is 19.3. The van der Waals surface area contributed by atoms with Crippen molar-refractivity contribution in [2.24, 2.45) is 5.73 Å². The third kappa shape index (κ3) is 7.43. The standard InChI is InChI=1S/C20H16F3N5O.C19H15F3N4/c1-11-26-18(12-2-5-14(21)6-3-12)19(27(11)10-16(22)23)13-4-7-17-25-8-15(20(24)29)28(17)9-13;1-11-24-18(12-2-5-15(20)6-3-12)19(26(11)10-17(21)22)13-4-7-16-14(8-13)9-23-25-16/h2-9,16H,10H2,1H3,(H2,24,29);2-9,17H,10H2,1H3,(H,23,25).